The highest BCUT2D eigenvalue weighted by Gasteiger charge is 1.96. The van der Waals surface area contributed by atoms with E-state index in [2.05, 4.69) is 6.92 Å². The highest BCUT2D eigenvalue weighted by atomic mass is 127. The standard InChI is InChI=1S/C6H12FI/c1-2-3-4-5-6(7)8/h6H,2-5H2,1H3. The van der Waals surface area contributed by atoms with Gasteiger partial charge in [-0.15, -0.1) is 0 Å². The fraction of sp³-hybridized carbons (Fsp3) is 1.00. The van der Waals surface area contributed by atoms with Crippen LogP contribution in [0.5, 0.6) is 0 Å². The zero-order valence-corrected chi connectivity index (χ0v) is 7.32. The van der Waals surface area contributed by atoms with E-state index in [1.165, 1.54) is 12.8 Å². The lowest BCUT2D eigenvalue weighted by atomic mass is 10.2. The molecule has 0 aromatic heterocycles. The van der Waals surface area contributed by atoms with E-state index in [9.17, 15) is 4.39 Å². The highest BCUT2D eigenvalue weighted by Crippen LogP contribution is 2.11. The van der Waals surface area contributed by atoms with E-state index in [-0.39, 0.29) is 0 Å². The van der Waals surface area contributed by atoms with Gasteiger partial charge < -0.3 is 0 Å². The molecule has 0 fully saturated rings. The quantitative estimate of drug-likeness (QED) is 0.395. The molecule has 0 nitrogen and oxygen atoms in total. The van der Waals surface area contributed by atoms with Crippen molar-refractivity contribution < 1.29 is 4.39 Å². The summed E-state index contributed by atoms with van der Waals surface area (Å²) in [6, 6.07) is 0. The Morgan fingerprint density at radius 2 is 2.12 bits per heavy atom. The smallest absolute Gasteiger partial charge is 0.151 e. The third-order valence-electron chi connectivity index (χ3n) is 1.03. The van der Waals surface area contributed by atoms with Gasteiger partial charge >= 0.3 is 0 Å². The van der Waals surface area contributed by atoms with E-state index in [1.54, 1.807) is 0 Å². The van der Waals surface area contributed by atoms with Gasteiger partial charge in [0.2, 0.25) is 0 Å². The first-order chi connectivity index (χ1) is 3.77. The van der Waals surface area contributed by atoms with Crippen LogP contribution >= 0.6 is 22.6 Å². The van der Waals surface area contributed by atoms with Gasteiger partial charge in [-0.25, -0.2) is 4.39 Å². The van der Waals surface area contributed by atoms with Crippen molar-refractivity contribution in [1.82, 2.24) is 0 Å². The molecule has 0 aliphatic carbocycles. The summed E-state index contributed by atoms with van der Waals surface area (Å²) in [4.78, 5) is 0. The molecular formula is C6H12FI. The molecule has 0 bridgehead atoms. The van der Waals surface area contributed by atoms with Gasteiger partial charge in [0.05, 0.1) is 0 Å². The highest BCUT2D eigenvalue weighted by molar-refractivity contribution is 14.1. The minimum Gasteiger partial charge on any atom is -0.236 e. The molecule has 0 amide bonds. The third-order valence-corrected chi connectivity index (χ3v) is 1.65. The molecule has 0 saturated carbocycles. The molecule has 1 unspecified atom stereocenters. The van der Waals surface area contributed by atoms with Crippen LogP contribution in [0.4, 0.5) is 4.39 Å². The summed E-state index contributed by atoms with van der Waals surface area (Å²) in [6.45, 7) is 2.13. The van der Waals surface area contributed by atoms with Crippen molar-refractivity contribution in [2.75, 3.05) is 0 Å². The number of alkyl halides is 2. The number of unbranched alkanes of at least 4 members (excludes halogenated alkanes) is 2. The molecule has 0 heterocycles. The van der Waals surface area contributed by atoms with Crippen molar-refractivity contribution in [3.05, 3.63) is 0 Å². The fourth-order valence-corrected chi connectivity index (χ4v) is 0.989. The van der Waals surface area contributed by atoms with E-state index in [4.69, 9.17) is 0 Å². The molecule has 0 spiro atoms. The lowest BCUT2D eigenvalue weighted by Crippen LogP contribution is -1.85. The lowest BCUT2D eigenvalue weighted by molar-refractivity contribution is 0.433. The first kappa shape index (κ1) is 8.66. The molecule has 0 aliphatic rings. The summed E-state index contributed by atoms with van der Waals surface area (Å²) in [5, 5.41) is 0. The zero-order valence-electron chi connectivity index (χ0n) is 5.16. The van der Waals surface area contributed by atoms with Crippen LogP contribution in [0.1, 0.15) is 32.6 Å². The van der Waals surface area contributed by atoms with Crippen LogP contribution in [0.15, 0.2) is 0 Å². The Bertz CT molecular complexity index is 45.8. The summed E-state index contributed by atoms with van der Waals surface area (Å²) in [7, 11) is 0. The van der Waals surface area contributed by atoms with Crippen LogP contribution in [0, 0.1) is 0 Å². The van der Waals surface area contributed by atoms with Crippen LogP contribution in [0.3, 0.4) is 0 Å². The third kappa shape index (κ3) is 6.66. The van der Waals surface area contributed by atoms with Crippen LogP contribution < -0.4 is 0 Å². The van der Waals surface area contributed by atoms with E-state index in [1.807, 2.05) is 22.6 Å². The number of rotatable bonds is 4. The van der Waals surface area contributed by atoms with Crippen LogP contribution in [-0.4, -0.2) is 4.18 Å². The van der Waals surface area contributed by atoms with Gasteiger partial charge in [-0.3, -0.25) is 0 Å². The second-order valence-electron chi connectivity index (χ2n) is 1.89. The molecule has 1 atom stereocenters. The summed E-state index contributed by atoms with van der Waals surface area (Å²) in [5.74, 6) is 0. The van der Waals surface area contributed by atoms with Crippen LogP contribution in [0.25, 0.3) is 0 Å². The Hall–Kier alpha value is 0.660. The molecule has 8 heavy (non-hydrogen) atoms. The summed E-state index contributed by atoms with van der Waals surface area (Å²) < 4.78 is 11.4. The van der Waals surface area contributed by atoms with Gasteiger partial charge in [0.1, 0.15) is 0 Å². The van der Waals surface area contributed by atoms with Crippen molar-refractivity contribution in [3.8, 4) is 0 Å². The predicted molar refractivity (Wildman–Crippen MR) is 43.1 cm³/mol. The van der Waals surface area contributed by atoms with Crippen molar-refractivity contribution in [2.24, 2.45) is 0 Å². The maximum atomic E-state index is 12.0. The topological polar surface area (TPSA) is 0 Å². The van der Waals surface area contributed by atoms with Gasteiger partial charge in [0.25, 0.3) is 0 Å². The zero-order chi connectivity index (χ0) is 6.41. The second kappa shape index (κ2) is 5.79. The van der Waals surface area contributed by atoms with Gasteiger partial charge in [-0.05, 0) is 35.4 Å². The van der Waals surface area contributed by atoms with Crippen molar-refractivity contribution in [3.63, 3.8) is 0 Å². The summed E-state index contributed by atoms with van der Waals surface area (Å²) in [6.07, 6.45) is 4.13. The van der Waals surface area contributed by atoms with Gasteiger partial charge in [-0.2, -0.15) is 0 Å². The number of halogens is 2. The van der Waals surface area contributed by atoms with E-state index in [0.717, 1.165) is 12.8 Å². The molecule has 0 aliphatic heterocycles. The Morgan fingerprint density at radius 3 is 2.50 bits per heavy atom. The first-order valence-corrected chi connectivity index (χ1v) is 4.30. The molecule has 0 rings (SSSR count). The molecule has 2 heteroatoms. The maximum absolute atomic E-state index is 12.0. The Morgan fingerprint density at radius 1 is 1.50 bits per heavy atom. The average molecular weight is 230 g/mol. The molecular weight excluding hydrogens is 218 g/mol. The fourth-order valence-electron chi connectivity index (χ4n) is 0.549. The normalized spacial score (nSPS) is 13.9. The monoisotopic (exact) mass is 230 g/mol. The Kier molecular flexibility index (Phi) is 6.27. The van der Waals surface area contributed by atoms with Crippen LogP contribution in [-0.2, 0) is 0 Å². The predicted octanol–water partition coefficient (Wildman–Crippen LogP) is 3.30. The largest absolute Gasteiger partial charge is 0.236 e. The summed E-state index contributed by atoms with van der Waals surface area (Å²) >= 11 is 1.82. The minimum atomic E-state index is -0.626. The van der Waals surface area contributed by atoms with Crippen molar-refractivity contribution >= 4 is 22.6 Å². The molecule has 0 saturated heterocycles. The van der Waals surface area contributed by atoms with Crippen molar-refractivity contribution in [2.45, 2.75) is 36.8 Å². The summed E-state index contributed by atoms with van der Waals surface area (Å²) in [5.41, 5.74) is 0. The van der Waals surface area contributed by atoms with E-state index < -0.39 is 4.18 Å². The van der Waals surface area contributed by atoms with E-state index >= 15 is 0 Å². The molecule has 0 N–H and O–H groups in total. The number of hydrogen-bond acceptors (Lipinski definition) is 0. The molecule has 0 radical (unpaired) electrons. The van der Waals surface area contributed by atoms with Crippen molar-refractivity contribution in [1.29, 1.82) is 0 Å². The van der Waals surface area contributed by atoms with Crippen LogP contribution in [0.2, 0.25) is 0 Å². The Balaban J connectivity index is 2.72. The maximum Gasteiger partial charge on any atom is 0.151 e. The van der Waals surface area contributed by atoms with E-state index in [0.29, 0.717) is 0 Å². The van der Waals surface area contributed by atoms with Gasteiger partial charge in [0, 0.05) is 0 Å². The second-order valence-corrected chi connectivity index (χ2v) is 3.24. The van der Waals surface area contributed by atoms with Gasteiger partial charge in [-0.1, -0.05) is 19.8 Å². The Labute approximate surface area is 64.0 Å². The first-order valence-electron chi connectivity index (χ1n) is 3.05. The molecule has 50 valence electrons. The SMILES string of the molecule is CCCCCC(F)I. The number of hydrogen-bond donors (Lipinski definition) is 0. The lowest BCUT2D eigenvalue weighted by Gasteiger charge is -1.96. The average Bonchev–Trinajstić information content (AvgIpc) is 1.66. The molecule has 0 aromatic carbocycles. The minimum absolute atomic E-state index is 0.626. The molecule has 0 aromatic rings. The van der Waals surface area contributed by atoms with Gasteiger partial charge in [0.15, 0.2) is 4.18 Å².